The molecule has 0 bridgehead atoms. The van der Waals surface area contributed by atoms with E-state index in [9.17, 15) is 5.11 Å². The molecule has 0 saturated carbocycles. The van der Waals surface area contributed by atoms with E-state index in [1.165, 1.54) is 24.8 Å². The Bertz CT molecular complexity index is 573. The lowest BCUT2D eigenvalue weighted by molar-refractivity contribution is 0.471. The van der Waals surface area contributed by atoms with Crippen LogP contribution in [0.2, 0.25) is 5.02 Å². The second-order valence-electron chi connectivity index (χ2n) is 5.22. The number of aryl methyl sites for hydroxylation is 1. The molecule has 20 heavy (non-hydrogen) atoms. The van der Waals surface area contributed by atoms with Gasteiger partial charge in [0, 0.05) is 16.1 Å². The van der Waals surface area contributed by atoms with Crippen LogP contribution in [0.1, 0.15) is 37.3 Å². The molecule has 0 fully saturated rings. The van der Waals surface area contributed by atoms with Gasteiger partial charge in [0.1, 0.15) is 5.75 Å². The number of halogens is 1. The monoisotopic (exact) mass is 288 g/mol. The van der Waals surface area contributed by atoms with Gasteiger partial charge in [-0.05, 0) is 43.0 Å². The van der Waals surface area contributed by atoms with Crippen LogP contribution in [-0.4, -0.2) is 5.11 Å². The Hall–Kier alpha value is -1.47. The van der Waals surface area contributed by atoms with Crippen LogP contribution < -0.4 is 0 Å². The molecule has 0 saturated heterocycles. The quantitative estimate of drug-likeness (QED) is 0.694. The molecule has 106 valence electrons. The Balaban J connectivity index is 2.24. The average Bonchev–Trinajstić information content (AvgIpc) is 2.45. The highest BCUT2D eigenvalue weighted by molar-refractivity contribution is 6.33. The second kappa shape index (κ2) is 6.81. The third-order valence-electron chi connectivity index (χ3n) is 3.70. The van der Waals surface area contributed by atoms with Crippen molar-refractivity contribution in [2.75, 3.05) is 0 Å². The number of aromatic hydroxyl groups is 1. The Labute approximate surface area is 126 Å². The molecular formula is C18H21ClO. The van der Waals surface area contributed by atoms with E-state index in [0.29, 0.717) is 5.02 Å². The third-order valence-corrected chi connectivity index (χ3v) is 4.01. The molecule has 2 aromatic rings. The summed E-state index contributed by atoms with van der Waals surface area (Å²) in [7, 11) is 0. The number of benzene rings is 2. The van der Waals surface area contributed by atoms with E-state index in [2.05, 4.69) is 31.2 Å². The summed E-state index contributed by atoms with van der Waals surface area (Å²) in [5.74, 6) is 0.288. The van der Waals surface area contributed by atoms with Crippen molar-refractivity contribution in [2.45, 2.75) is 39.5 Å². The van der Waals surface area contributed by atoms with Gasteiger partial charge < -0.3 is 5.11 Å². The van der Waals surface area contributed by atoms with Gasteiger partial charge in [-0.3, -0.25) is 0 Å². The lowest BCUT2D eigenvalue weighted by Crippen LogP contribution is -1.89. The van der Waals surface area contributed by atoms with E-state index in [-0.39, 0.29) is 5.75 Å². The maximum atomic E-state index is 9.83. The summed E-state index contributed by atoms with van der Waals surface area (Å²) < 4.78 is 0. The summed E-state index contributed by atoms with van der Waals surface area (Å²) >= 11 is 6.27. The number of phenolic OH excluding ortho intramolecular Hbond substituents is 1. The van der Waals surface area contributed by atoms with Gasteiger partial charge in [0.15, 0.2) is 0 Å². The molecular weight excluding hydrogens is 268 g/mol. The molecule has 0 spiro atoms. The topological polar surface area (TPSA) is 20.2 Å². The summed E-state index contributed by atoms with van der Waals surface area (Å²) in [5, 5.41) is 10.5. The molecule has 0 amide bonds. The van der Waals surface area contributed by atoms with Crippen LogP contribution in [0.5, 0.6) is 5.75 Å². The molecule has 1 nitrogen and oxygen atoms in total. The minimum absolute atomic E-state index is 0.288. The fourth-order valence-corrected chi connectivity index (χ4v) is 2.75. The molecule has 2 aromatic carbocycles. The van der Waals surface area contributed by atoms with Crippen LogP contribution in [0.4, 0.5) is 0 Å². The molecule has 0 aliphatic rings. The number of hydrogen-bond acceptors (Lipinski definition) is 1. The SMILES string of the molecule is CCCCCc1ccc(-c2c(Cl)ccc(O)c2C)cc1. The van der Waals surface area contributed by atoms with Gasteiger partial charge in [-0.25, -0.2) is 0 Å². The standard InChI is InChI=1S/C18H21ClO/c1-3-4-5-6-14-7-9-15(10-8-14)18-13(2)17(20)12-11-16(18)19/h7-12,20H,3-6H2,1-2H3. The van der Waals surface area contributed by atoms with E-state index >= 15 is 0 Å². The zero-order chi connectivity index (χ0) is 14.5. The van der Waals surface area contributed by atoms with Gasteiger partial charge in [0.25, 0.3) is 0 Å². The summed E-state index contributed by atoms with van der Waals surface area (Å²) in [4.78, 5) is 0. The zero-order valence-electron chi connectivity index (χ0n) is 12.1. The summed E-state index contributed by atoms with van der Waals surface area (Å²) in [6.45, 7) is 4.11. The van der Waals surface area contributed by atoms with Crippen LogP contribution in [0.15, 0.2) is 36.4 Å². The van der Waals surface area contributed by atoms with Crippen molar-refractivity contribution >= 4 is 11.6 Å². The van der Waals surface area contributed by atoms with Crippen LogP contribution in [0.25, 0.3) is 11.1 Å². The molecule has 1 N–H and O–H groups in total. The Morgan fingerprint density at radius 3 is 2.35 bits per heavy atom. The van der Waals surface area contributed by atoms with Crippen LogP contribution in [-0.2, 0) is 6.42 Å². The van der Waals surface area contributed by atoms with Crippen molar-refractivity contribution in [3.8, 4) is 16.9 Å². The van der Waals surface area contributed by atoms with Gasteiger partial charge in [-0.15, -0.1) is 0 Å². The highest BCUT2D eigenvalue weighted by Gasteiger charge is 2.10. The first-order chi connectivity index (χ1) is 9.63. The molecule has 0 unspecified atom stereocenters. The molecule has 0 aromatic heterocycles. The molecule has 2 rings (SSSR count). The summed E-state index contributed by atoms with van der Waals surface area (Å²) in [5.41, 5.74) is 4.17. The fourth-order valence-electron chi connectivity index (χ4n) is 2.44. The minimum atomic E-state index is 0.288. The van der Waals surface area contributed by atoms with E-state index in [0.717, 1.165) is 23.1 Å². The van der Waals surface area contributed by atoms with E-state index < -0.39 is 0 Å². The summed E-state index contributed by atoms with van der Waals surface area (Å²) in [6.07, 6.45) is 4.89. The third kappa shape index (κ3) is 3.34. The van der Waals surface area contributed by atoms with Crippen LogP contribution in [0.3, 0.4) is 0 Å². The maximum absolute atomic E-state index is 9.83. The lowest BCUT2D eigenvalue weighted by Gasteiger charge is -2.11. The Morgan fingerprint density at radius 1 is 1.00 bits per heavy atom. The highest BCUT2D eigenvalue weighted by atomic mass is 35.5. The normalized spacial score (nSPS) is 10.8. The van der Waals surface area contributed by atoms with E-state index in [4.69, 9.17) is 11.6 Å². The summed E-state index contributed by atoms with van der Waals surface area (Å²) in [6, 6.07) is 11.9. The molecule has 0 atom stereocenters. The zero-order valence-corrected chi connectivity index (χ0v) is 12.9. The molecule has 2 heteroatoms. The van der Waals surface area contributed by atoms with Crippen molar-refractivity contribution in [3.63, 3.8) is 0 Å². The van der Waals surface area contributed by atoms with Gasteiger partial charge in [-0.2, -0.15) is 0 Å². The van der Waals surface area contributed by atoms with Crippen molar-refractivity contribution in [1.29, 1.82) is 0 Å². The van der Waals surface area contributed by atoms with Crippen molar-refractivity contribution in [3.05, 3.63) is 52.5 Å². The predicted molar refractivity (Wildman–Crippen MR) is 86.5 cm³/mol. The molecule has 0 radical (unpaired) electrons. The van der Waals surface area contributed by atoms with Gasteiger partial charge in [-0.1, -0.05) is 55.6 Å². The van der Waals surface area contributed by atoms with Crippen LogP contribution >= 0.6 is 11.6 Å². The Kier molecular flexibility index (Phi) is 5.08. The maximum Gasteiger partial charge on any atom is 0.119 e. The number of hydrogen-bond donors (Lipinski definition) is 1. The number of unbranched alkanes of at least 4 members (excludes halogenated alkanes) is 2. The Morgan fingerprint density at radius 2 is 1.70 bits per heavy atom. The van der Waals surface area contributed by atoms with Gasteiger partial charge in [0.05, 0.1) is 0 Å². The van der Waals surface area contributed by atoms with Crippen molar-refractivity contribution in [1.82, 2.24) is 0 Å². The molecule has 0 aliphatic carbocycles. The molecule has 0 aliphatic heterocycles. The number of rotatable bonds is 5. The first kappa shape index (κ1) is 14.9. The lowest BCUT2D eigenvalue weighted by atomic mass is 9.97. The van der Waals surface area contributed by atoms with Crippen molar-refractivity contribution in [2.24, 2.45) is 0 Å². The van der Waals surface area contributed by atoms with Crippen LogP contribution in [0, 0.1) is 6.92 Å². The smallest absolute Gasteiger partial charge is 0.119 e. The second-order valence-corrected chi connectivity index (χ2v) is 5.63. The van der Waals surface area contributed by atoms with E-state index in [1.807, 2.05) is 6.92 Å². The average molecular weight is 289 g/mol. The van der Waals surface area contributed by atoms with Gasteiger partial charge in [0.2, 0.25) is 0 Å². The first-order valence-electron chi connectivity index (χ1n) is 7.21. The predicted octanol–water partition coefficient (Wildman–Crippen LogP) is 5.75. The molecule has 0 heterocycles. The highest BCUT2D eigenvalue weighted by Crippen LogP contribution is 2.35. The fraction of sp³-hybridized carbons (Fsp3) is 0.333. The largest absolute Gasteiger partial charge is 0.508 e. The van der Waals surface area contributed by atoms with Crippen molar-refractivity contribution < 1.29 is 5.11 Å². The van der Waals surface area contributed by atoms with Gasteiger partial charge >= 0.3 is 0 Å². The minimum Gasteiger partial charge on any atom is -0.508 e. The first-order valence-corrected chi connectivity index (χ1v) is 7.58. The van der Waals surface area contributed by atoms with E-state index in [1.54, 1.807) is 12.1 Å². The number of phenols is 1.